The lowest BCUT2D eigenvalue weighted by molar-refractivity contribution is -0.0328. The number of thioether (sulfide) groups is 1. The van der Waals surface area contributed by atoms with E-state index in [1.807, 2.05) is 6.92 Å². The van der Waals surface area contributed by atoms with Crippen LogP contribution in [0.1, 0.15) is 34.5 Å². The average molecular weight is 399 g/mol. The van der Waals surface area contributed by atoms with E-state index in [2.05, 4.69) is 5.32 Å². The van der Waals surface area contributed by atoms with Gasteiger partial charge < -0.3 is 14.8 Å². The lowest BCUT2D eigenvalue weighted by Crippen LogP contribution is -2.27. The Morgan fingerprint density at radius 3 is 2.30 bits per heavy atom. The normalized spacial score (nSPS) is 12.4. The molecular weight excluding hydrogens is 379 g/mol. The molecule has 1 N–H and O–H groups in total. The van der Waals surface area contributed by atoms with E-state index < -0.39 is 17.5 Å². The van der Waals surface area contributed by atoms with Gasteiger partial charge in [0.2, 0.25) is 0 Å². The minimum absolute atomic E-state index is 0.0233. The van der Waals surface area contributed by atoms with Gasteiger partial charge in [-0.25, -0.2) is 0 Å². The van der Waals surface area contributed by atoms with Crippen molar-refractivity contribution < 1.29 is 27.4 Å². The van der Waals surface area contributed by atoms with Gasteiger partial charge in [0, 0.05) is 4.90 Å². The number of amides is 1. The van der Waals surface area contributed by atoms with Gasteiger partial charge in [-0.1, -0.05) is 12.1 Å². The third-order valence-electron chi connectivity index (χ3n) is 3.94. The molecule has 2 aromatic carbocycles. The number of nitrogens with one attached hydrogen (secondary N) is 1. The number of alkyl halides is 3. The zero-order chi connectivity index (χ0) is 20.2. The van der Waals surface area contributed by atoms with Crippen LogP contribution in [0.5, 0.6) is 11.5 Å². The molecule has 2 rings (SSSR count). The predicted molar refractivity (Wildman–Crippen MR) is 98.5 cm³/mol. The van der Waals surface area contributed by atoms with Crippen molar-refractivity contribution in [1.29, 1.82) is 0 Å². The maximum absolute atomic E-state index is 12.7. The average Bonchev–Trinajstić information content (AvgIpc) is 2.60. The maximum Gasteiger partial charge on any atom is 0.446 e. The first-order valence-corrected chi connectivity index (χ1v) is 8.86. The van der Waals surface area contributed by atoms with E-state index in [-0.39, 0.29) is 22.2 Å². The van der Waals surface area contributed by atoms with Crippen LogP contribution in [0.3, 0.4) is 0 Å². The Morgan fingerprint density at radius 1 is 1.11 bits per heavy atom. The number of benzene rings is 2. The van der Waals surface area contributed by atoms with Crippen LogP contribution < -0.4 is 14.8 Å². The first-order valence-electron chi connectivity index (χ1n) is 8.04. The molecule has 0 aromatic heterocycles. The van der Waals surface area contributed by atoms with Crippen LogP contribution in [0.25, 0.3) is 0 Å². The fourth-order valence-electron chi connectivity index (χ4n) is 2.68. The van der Waals surface area contributed by atoms with E-state index >= 15 is 0 Å². The summed E-state index contributed by atoms with van der Waals surface area (Å²) in [5.41, 5.74) is -2.85. The van der Waals surface area contributed by atoms with Crippen molar-refractivity contribution in [2.24, 2.45) is 0 Å². The molecule has 1 amide bonds. The summed E-state index contributed by atoms with van der Waals surface area (Å²) in [7, 11) is 3.03. The summed E-state index contributed by atoms with van der Waals surface area (Å²) in [6.07, 6.45) is 0. The summed E-state index contributed by atoms with van der Waals surface area (Å²) in [5, 5.41) is 2.75. The van der Waals surface area contributed by atoms with Crippen LogP contribution in [-0.2, 0) is 0 Å². The van der Waals surface area contributed by atoms with Crippen molar-refractivity contribution >= 4 is 17.7 Å². The number of aryl methyl sites for hydroxylation is 1. The molecule has 0 aliphatic rings. The van der Waals surface area contributed by atoms with Gasteiger partial charge in [0.05, 0.1) is 25.8 Å². The predicted octanol–water partition coefficient (Wildman–Crippen LogP) is 5.12. The molecule has 4 nitrogen and oxygen atoms in total. The van der Waals surface area contributed by atoms with Gasteiger partial charge in [0.25, 0.3) is 5.91 Å². The Balaban J connectivity index is 2.27. The van der Waals surface area contributed by atoms with E-state index in [1.165, 1.54) is 38.5 Å². The van der Waals surface area contributed by atoms with Crippen LogP contribution in [0.4, 0.5) is 13.2 Å². The molecule has 0 unspecified atom stereocenters. The summed E-state index contributed by atoms with van der Waals surface area (Å²) >= 11 is -0.305. The van der Waals surface area contributed by atoms with Crippen molar-refractivity contribution in [2.75, 3.05) is 14.2 Å². The summed E-state index contributed by atoms with van der Waals surface area (Å²) in [5.74, 6) is 0.487. The first-order chi connectivity index (χ1) is 12.7. The molecular formula is C19H20F3NO3S. The van der Waals surface area contributed by atoms with Crippen LogP contribution in [0.2, 0.25) is 0 Å². The van der Waals surface area contributed by atoms with Gasteiger partial charge in [0.1, 0.15) is 0 Å². The molecule has 0 aliphatic carbocycles. The topological polar surface area (TPSA) is 47.6 Å². The van der Waals surface area contributed by atoms with Gasteiger partial charge >= 0.3 is 5.51 Å². The van der Waals surface area contributed by atoms with Gasteiger partial charge in [-0.05, 0) is 61.0 Å². The molecule has 0 saturated carbocycles. The van der Waals surface area contributed by atoms with Crippen molar-refractivity contribution in [3.63, 3.8) is 0 Å². The summed E-state index contributed by atoms with van der Waals surface area (Å²) in [6.45, 7) is 3.61. The standard InChI is InChI=1S/C19H20F3NO3S/c1-11-9-15(25-3)16(26-4)10-14(11)12(2)23-18(24)13-7-5-6-8-17(13)27-19(20,21)22/h5-10,12H,1-4H3,(H,23,24)/t12-/m1/s1. The minimum Gasteiger partial charge on any atom is -0.493 e. The summed E-state index contributed by atoms with van der Waals surface area (Å²) in [4.78, 5) is 12.4. The highest BCUT2D eigenvalue weighted by Gasteiger charge is 2.31. The molecule has 2 aromatic rings. The molecule has 0 fully saturated rings. The zero-order valence-corrected chi connectivity index (χ0v) is 16.1. The number of carbonyl (C=O) groups excluding carboxylic acids is 1. The fourth-order valence-corrected chi connectivity index (χ4v) is 3.35. The van der Waals surface area contributed by atoms with Crippen LogP contribution >= 0.6 is 11.8 Å². The monoisotopic (exact) mass is 399 g/mol. The Bertz CT molecular complexity index is 824. The van der Waals surface area contributed by atoms with Crippen molar-refractivity contribution in [3.8, 4) is 11.5 Å². The van der Waals surface area contributed by atoms with Crippen molar-refractivity contribution in [1.82, 2.24) is 5.32 Å². The maximum atomic E-state index is 12.7. The molecule has 8 heteroatoms. The number of rotatable bonds is 6. The number of hydrogen-bond donors (Lipinski definition) is 1. The molecule has 0 spiro atoms. The third kappa shape index (κ3) is 5.32. The molecule has 1 atom stereocenters. The fraction of sp³-hybridized carbons (Fsp3) is 0.316. The molecule has 27 heavy (non-hydrogen) atoms. The van der Waals surface area contributed by atoms with Crippen LogP contribution in [0.15, 0.2) is 41.3 Å². The van der Waals surface area contributed by atoms with E-state index in [0.29, 0.717) is 11.5 Å². The minimum atomic E-state index is -4.47. The number of halogens is 3. The number of hydrogen-bond acceptors (Lipinski definition) is 4. The smallest absolute Gasteiger partial charge is 0.446 e. The van der Waals surface area contributed by atoms with Crippen molar-refractivity contribution in [3.05, 3.63) is 53.1 Å². The van der Waals surface area contributed by atoms with Gasteiger partial charge in [0.15, 0.2) is 11.5 Å². The summed E-state index contributed by atoms with van der Waals surface area (Å²) < 4.78 is 48.7. The zero-order valence-electron chi connectivity index (χ0n) is 15.3. The third-order valence-corrected chi connectivity index (χ3v) is 4.75. The van der Waals surface area contributed by atoms with Crippen LogP contribution in [0, 0.1) is 6.92 Å². The van der Waals surface area contributed by atoms with E-state index in [9.17, 15) is 18.0 Å². The number of methoxy groups -OCH3 is 2. The Hall–Kier alpha value is -2.35. The second-order valence-corrected chi connectivity index (χ2v) is 6.91. The van der Waals surface area contributed by atoms with Crippen molar-refractivity contribution in [2.45, 2.75) is 30.3 Å². The highest BCUT2D eigenvalue weighted by molar-refractivity contribution is 8.00. The molecule has 0 radical (unpaired) electrons. The quantitative estimate of drug-likeness (QED) is 0.686. The first kappa shape index (κ1) is 21.0. The van der Waals surface area contributed by atoms with E-state index in [4.69, 9.17) is 9.47 Å². The molecule has 0 saturated heterocycles. The largest absolute Gasteiger partial charge is 0.493 e. The highest BCUT2D eigenvalue weighted by Crippen LogP contribution is 2.38. The second-order valence-electron chi connectivity index (χ2n) is 5.80. The SMILES string of the molecule is COc1cc(C)c([C@@H](C)NC(=O)c2ccccc2SC(F)(F)F)cc1OC. The lowest BCUT2D eigenvalue weighted by Gasteiger charge is -2.20. The summed E-state index contributed by atoms with van der Waals surface area (Å²) in [6, 6.07) is 8.73. The van der Waals surface area contributed by atoms with E-state index in [0.717, 1.165) is 11.1 Å². The lowest BCUT2D eigenvalue weighted by atomic mass is 10.0. The van der Waals surface area contributed by atoms with E-state index in [1.54, 1.807) is 19.1 Å². The number of ether oxygens (including phenoxy) is 2. The highest BCUT2D eigenvalue weighted by atomic mass is 32.2. The van der Waals surface area contributed by atoms with Gasteiger partial charge in [-0.3, -0.25) is 4.79 Å². The Labute approximate surface area is 160 Å². The van der Waals surface area contributed by atoms with Gasteiger partial charge in [-0.2, -0.15) is 13.2 Å². The molecule has 0 heterocycles. The second kappa shape index (κ2) is 8.56. The molecule has 0 aliphatic heterocycles. The Morgan fingerprint density at radius 2 is 1.70 bits per heavy atom. The Kier molecular flexibility index (Phi) is 6.64. The van der Waals surface area contributed by atoms with Crippen LogP contribution in [-0.4, -0.2) is 25.6 Å². The molecule has 146 valence electrons. The van der Waals surface area contributed by atoms with Gasteiger partial charge in [-0.15, -0.1) is 0 Å². The number of carbonyl (C=O) groups is 1. The molecule has 0 bridgehead atoms.